The van der Waals surface area contributed by atoms with Crippen LogP contribution in [0.5, 0.6) is 5.75 Å². The molecule has 0 atom stereocenters. The van der Waals surface area contributed by atoms with Crippen molar-refractivity contribution in [2.45, 2.75) is 6.42 Å². The smallest absolute Gasteiger partial charge is 0.258 e. The molecular formula is C17H14IN3O3. The first-order chi connectivity index (χ1) is 11.6. The molecular weight excluding hydrogens is 421 g/mol. The van der Waals surface area contributed by atoms with Crippen molar-refractivity contribution < 1.29 is 9.53 Å². The maximum atomic E-state index is 12.1. The Bertz CT molecular complexity index is 925. The number of hydrogen-bond donors (Lipinski definition) is 2. The largest absolute Gasteiger partial charge is 0.493 e. The van der Waals surface area contributed by atoms with E-state index in [0.717, 1.165) is 9.32 Å². The molecule has 1 amide bonds. The first-order valence-corrected chi connectivity index (χ1v) is 8.36. The third-order valence-electron chi connectivity index (χ3n) is 3.34. The monoisotopic (exact) mass is 435 g/mol. The lowest BCUT2D eigenvalue weighted by atomic mass is 10.2. The molecule has 2 N–H and O–H groups in total. The summed E-state index contributed by atoms with van der Waals surface area (Å²) in [5, 5.41) is 3.25. The molecule has 0 unspecified atom stereocenters. The minimum absolute atomic E-state index is 0.177. The van der Waals surface area contributed by atoms with E-state index in [0.29, 0.717) is 16.6 Å². The number of hydrogen-bond acceptors (Lipinski definition) is 4. The van der Waals surface area contributed by atoms with Gasteiger partial charge in [-0.3, -0.25) is 9.59 Å². The van der Waals surface area contributed by atoms with Crippen LogP contribution in [0.4, 0.5) is 5.69 Å². The van der Waals surface area contributed by atoms with Gasteiger partial charge in [-0.2, -0.15) is 0 Å². The number of nitrogens with one attached hydrogen (secondary N) is 2. The molecule has 0 saturated heterocycles. The molecule has 0 aliphatic rings. The van der Waals surface area contributed by atoms with Crippen LogP contribution in [0.15, 0.2) is 53.6 Å². The first kappa shape index (κ1) is 16.4. The quantitative estimate of drug-likeness (QED) is 0.604. The lowest BCUT2D eigenvalue weighted by Crippen LogP contribution is -2.16. The Labute approximate surface area is 151 Å². The van der Waals surface area contributed by atoms with Crippen molar-refractivity contribution in [2.75, 3.05) is 11.9 Å². The van der Waals surface area contributed by atoms with E-state index in [2.05, 4.69) is 37.9 Å². The van der Waals surface area contributed by atoms with Gasteiger partial charge in [-0.1, -0.05) is 18.2 Å². The molecule has 6 nitrogen and oxygen atoms in total. The average Bonchev–Trinajstić information content (AvgIpc) is 2.57. The minimum atomic E-state index is -0.237. The Morgan fingerprint density at radius 1 is 1.25 bits per heavy atom. The molecule has 0 radical (unpaired) electrons. The highest BCUT2D eigenvalue weighted by molar-refractivity contribution is 14.1. The first-order valence-electron chi connectivity index (χ1n) is 7.28. The normalized spacial score (nSPS) is 10.5. The fraction of sp³-hybridized carbons (Fsp3) is 0.118. The van der Waals surface area contributed by atoms with E-state index in [-0.39, 0.29) is 24.5 Å². The molecule has 0 spiro atoms. The number of anilines is 1. The average molecular weight is 435 g/mol. The maximum absolute atomic E-state index is 12.1. The number of fused-ring (bicyclic) bond motifs is 1. The topological polar surface area (TPSA) is 84.1 Å². The molecule has 0 bridgehead atoms. The van der Waals surface area contributed by atoms with Crippen molar-refractivity contribution in [1.29, 1.82) is 0 Å². The summed E-state index contributed by atoms with van der Waals surface area (Å²) in [7, 11) is 0. The Morgan fingerprint density at radius 2 is 2.04 bits per heavy atom. The summed E-state index contributed by atoms with van der Waals surface area (Å²) in [6, 6.07) is 12.7. The van der Waals surface area contributed by atoms with E-state index in [1.165, 1.54) is 6.33 Å². The number of aromatic amines is 1. The molecule has 122 valence electrons. The number of benzene rings is 2. The van der Waals surface area contributed by atoms with Gasteiger partial charge in [0.05, 0.1) is 35.9 Å². The number of carbonyl (C=O) groups excluding carboxylic acids is 1. The van der Waals surface area contributed by atoms with Crippen molar-refractivity contribution in [3.63, 3.8) is 0 Å². The van der Waals surface area contributed by atoms with Crippen LogP contribution >= 0.6 is 22.6 Å². The number of ether oxygens (including phenoxy) is 1. The number of H-pyrrole nitrogens is 1. The van der Waals surface area contributed by atoms with Gasteiger partial charge in [0.1, 0.15) is 5.75 Å². The van der Waals surface area contributed by atoms with E-state index >= 15 is 0 Å². The zero-order chi connectivity index (χ0) is 16.9. The fourth-order valence-corrected chi connectivity index (χ4v) is 2.76. The molecule has 7 heteroatoms. The Balaban J connectivity index is 1.66. The highest BCUT2D eigenvalue weighted by Gasteiger charge is 2.09. The Hall–Kier alpha value is -2.42. The van der Waals surface area contributed by atoms with Crippen molar-refractivity contribution in [3.8, 4) is 5.75 Å². The summed E-state index contributed by atoms with van der Waals surface area (Å²) in [6.45, 7) is 0.280. The van der Waals surface area contributed by atoms with Crippen LogP contribution in [0.2, 0.25) is 0 Å². The second-order valence-corrected chi connectivity index (χ2v) is 6.20. The molecule has 2 aromatic carbocycles. The summed E-state index contributed by atoms with van der Waals surface area (Å²) >= 11 is 2.10. The number of rotatable bonds is 5. The summed E-state index contributed by atoms with van der Waals surface area (Å²) < 4.78 is 6.32. The van der Waals surface area contributed by atoms with E-state index in [1.807, 2.05) is 30.3 Å². The lowest BCUT2D eigenvalue weighted by Gasteiger charge is -2.09. The van der Waals surface area contributed by atoms with Crippen LogP contribution in [0, 0.1) is 3.57 Å². The third kappa shape index (κ3) is 3.91. The van der Waals surface area contributed by atoms with E-state index < -0.39 is 0 Å². The van der Waals surface area contributed by atoms with Crippen LogP contribution in [-0.4, -0.2) is 22.5 Å². The van der Waals surface area contributed by atoms with Gasteiger partial charge in [0.2, 0.25) is 5.91 Å². The van der Waals surface area contributed by atoms with Gasteiger partial charge in [-0.25, -0.2) is 4.98 Å². The van der Waals surface area contributed by atoms with Gasteiger partial charge in [-0.05, 0) is 46.9 Å². The van der Waals surface area contributed by atoms with Gasteiger partial charge in [0.25, 0.3) is 5.56 Å². The maximum Gasteiger partial charge on any atom is 0.258 e. The van der Waals surface area contributed by atoms with Crippen molar-refractivity contribution in [3.05, 3.63) is 62.7 Å². The summed E-state index contributed by atoms with van der Waals surface area (Å²) in [5.41, 5.74) is 0.944. The number of nitrogens with zero attached hydrogens (tertiary/aromatic N) is 1. The zero-order valence-corrected chi connectivity index (χ0v) is 14.7. The molecule has 3 aromatic rings. The summed E-state index contributed by atoms with van der Waals surface area (Å²) in [5.74, 6) is 0.548. The Kier molecular flexibility index (Phi) is 5.09. The molecule has 24 heavy (non-hydrogen) atoms. The van der Waals surface area contributed by atoms with Gasteiger partial charge < -0.3 is 15.0 Å². The van der Waals surface area contributed by atoms with Gasteiger partial charge in [0, 0.05) is 3.57 Å². The fourth-order valence-electron chi connectivity index (χ4n) is 2.18. The minimum Gasteiger partial charge on any atom is -0.493 e. The number of carbonyl (C=O) groups is 1. The summed E-state index contributed by atoms with van der Waals surface area (Å²) in [6.07, 6.45) is 1.58. The van der Waals surface area contributed by atoms with Crippen molar-refractivity contribution >= 4 is 45.1 Å². The van der Waals surface area contributed by atoms with Crippen molar-refractivity contribution in [1.82, 2.24) is 9.97 Å². The third-order valence-corrected chi connectivity index (χ3v) is 4.24. The van der Waals surface area contributed by atoms with Crippen LogP contribution in [0.25, 0.3) is 10.9 Å². The number of para-hydroxylation sites is 1. The van der Waals surface area contributed by atoms with Crippen LogP contribution < -0.4 is 15.6 Å². The highest BCUT2D eigenvalue weighted by Crippen LogP contribution is 2.22. The van der Waals surface area contributed by atoms with E-state index in [1.54, 1.807) is 12.1 Å². The lowest BCUT2D eigenvalue weighted by molar-refractivity contribution is -0.116. The SMILES string of the molecule is O=C(CCOc1ccccc1)Nc1cc2c(=O)[nH]cnc2cc1I. The number of aromatic nitrogens is 2. The molecule has 0 aliphatic heterocycles. The van der Waals surface area contributed by atoms with Crippen LogP contribution in [0.3, 0.4) is 0 Å². The van der Waals surface area contributed by atoms with Gasteiger partial charge in [0.15, 0.2) is 0 Å². The van der Waals surface area contributed by atoms with Gasteiger partial charge in [-0.15, -0.1) is 0 Å². The molecule has 3 rings (SSSR count). The van der Waals surface area contributed by atoms with E-state index in [9.17, 15) is 9.59 Å². The highest BCUT2D eigenvalue weighted by atomic mass is 127. The van der Waals surface area contributed by atoms with E-state index in [4.69, 9.17) is 4.74 Å². The van der Waals surface area contributed by atoms with Gasteiger partial charge >= 0.3 is 0 Å². The Morgan fingerprint density at radius 3 is 2.83 bits per heavy atom. The zero-order valence-electron chi connectivity index (χ0n) is 12.6. The molecule has 1 heterocycles. The second-order valence-electron chi connectivity index (χ2n) is 5.04. The van der Waals surface area contributed by atoms with Crippen molar-refractivity contribution in [2.24, 2.45) is 0 Å². The molecule has 0 saturated carbocycles. The standard InChI is InChI=1S/C17H14IN3O3/c18-13-9-14-12(17(23)20-10-19-14)8-15(13)21-16(22)6-7-24-11-4-2-1-3-5-11/h1-5,8-10H,6-7H2,(H,21,22)(H,19,20,23). The summed E-state index contributed by atoms with van der Waals surface area (Å²) in [4.78, 5) is 30.5. The molecule has 1 aromatic heterocycles. The molecule has 0 fully saturated rings. The predicted octanol–water partition coefficient (Wildman–Crippen LogP) is 2.94. The number of halogens is 1. The molecule has 0 aliphatic carbocycles. The number of amides is 1. The predicted molar refractivity (Wildman–Crippen MR) is 100 cm³/mol. The van der Waals surface area contributed by atoms with Crippen LogP contribution in [-0.2, 0) is 4.79 Å². The van der Waals surface area contributed by atoms with Crippen LogP contribution in [0.1, 0.15) is 6.42 Å². The second kappa shape index (κ2) is 7.43.